The van der Waals surface area contributed by atoms with E-state index in [4.69, 9.17) is 0 Å². The molecule has 0 N–H and O–H groups in total. The number of aromatic nitrogens is 1. The predicted molar refractivity (Wildman–Crippen MR) is 99.6 cm³/mol. The van der Waals surface area contributed by atoms with Crippen molar-refractivity contribution < 1.29 is 4.79 Å². The first-order chi connectivity index (χ1) is 12.2. The molecular weight excluding hydrogens is 310 g/mol. The van der Waals surface area contributed by atoms with Crippen molar-refractivity contribution in [3.63, 3.8) is 0 Å². The second-order valence-electron chi connectivity index (χ2n) is 7.16. The van der Waals surface area contributed by atoms with Gasteiger partial charge < -0.3 is 9.80 Å². The lowest BCUT2D eigenvalue weighted by molar-refractivity contribution is -0.127. The van der Waals surface area contributed by atoms with Crippen molar-refractivity contribution in [1.82, 2.24) is 9.88 Å². The summed E-state index contributed by atoms with van der Waals surface area (Å²) in [6.45, 7) is 5.82. The molecule has 0 radical (unpaired) electrons. The molecule has 2 aliphatic rings. The fraction of sp³-hybridized carbons (Fsp3) is 0.429. The molecule has 0 bridgehead atoms. The van der Waals surface area contributed by atoms with Crippen LogP contribution in [0.1, 0.15) is 42.0 Å². The summed E-state index contributed by atoms with van der Waals surface area (Å²) in [4.78, 5) is 20.8. The van der Waals surface area contributed by atoms with E-state index in [9.17, 15) is 4.79 Å². The molecule has 0 spiro atoms. The number of anilines is 1. The van der Waals surface area contributed by atoms with Gasteiger partial charge in [-0.3, -0.25) is 9.78 Å². The molecule has 130 valence electrons. The fourth-order valence-electron chi connectivity index (χ4n) is 4.12. The third-order valence-electron chi connectivity index (χ3n) is 5.55. The van der Waals surface area contributed by atoms with Crippen LogP contribution in [0, 0.1) is 6.92 Å². The summed E-state index contributed by atoms with van der Waals surface area (Å²) in [6.07, 6.45) is 4.65. The highest BCUT2D eigenvalue weighted by Crippen LogP contribution is 2.39. The van der Waals surface area contributed by atoms with Gasteiger partial charge in [-0.05, 0) is 43.0 Å². The van der Waals surface area contributed by atoms with E-state index in [-0.39, 0.29) is 0 Å². The Kier molecular flexibility index (Phi) is 4.43. The highest BCUT2D eigenvalue weighted by Gasteiger charge is 2.30. The summed E-state index contributed by atoms with van der Waals surface area (Å²) in [5, 5.41) is 0. The molecule has 25 heavy (non-hydrogen) atoms. The average Bonchev–Trinajstić information content (AvgIpc) is 3.19. The first kappa shape index (κ1) is 16.1. The van der Waals surface area contributed by atoms with Crippen LogP contribution in [0.4, 0.5) is 5.69 Å². The lowest BCUT2D eigenvalue weighted by atomic mass is 9.98. The van der Waals surface area contributed by atoms with Crippen molar-refractivity contribution in [2.24, 2.45) is 0 Å². The molecule has 4 nitrogen and oxygen atoms in total. The van der Waals surface area contributed by atoms with Gasteiger partial charge in [0, 0.05) is 56.1 Å². The van der Waals surface area contributed by atoms with E-state index < -0.39 is 0 Å². The Bertz CT molecular complexity index is 773. The van der Waals surface area contributed by atoms with E-state index in [1.54, 1.807) is 0 Å². The van der Waals surface area contributed by atoms with Crippen LogP contribution in [0.2, 0.25) is 0 Å². The first-order valence-electron chi connectivity index (χ1n) is 9.24. The highest BCUT2D eigenvalue weighted by molar-refractivity contribution is 5.78. The Labute approximate surface area is 149 Å². The van der Waals surface area contributed by atoms with Gasteiger partial charge in [0.25, 0.3) is 0 Å². The lowest BCUT2D eigenvalue weighted by Gasteiger charge is -2.22. The molecule has 1 amide bonds. The smallest absolute Gasteiger partial charge is 0.222 e. The molecular formula is C21H25N3O. The number of benzene rings is 1. The van der Waals surface area contributed by atoms with Gasteiger partial charge in [0.05, 0.1) is 0 Å². The number of fused-ring (bicyclic) bond motifs is 1. The zero-order valence-electron chi connectivity index (χ0n) is 14.8. The number of hydrogen-bond donors (Lipinski definition) is 0. The molecule has 1 fully saturated rings. The van der Waals surface area contributed by atoms with Crippen LogP contribution in [0.15, 0.2) is 42.6 Å². The fourth-order valence-corrected chi connectivity index (χ4v) is 4.12. The number of pyridine rings is 1. The van der Waals surface area contributed by atoms with Crippen LogP contribution in [-0.4, -0.2) is 35.4 Å². The quantitative estimate of drug-likeness (QED) is 0.839. The number of para-hydroxylation sites is 1. The molecule has 0 saturated carbocycles. The molecule has 2 aromatic rings. The van der Waals surface area contributed by atoms with Gasteiger partial charge in [-0.2, -0.15) is 0 Å². The number of rotatable bonds is 5. The van der Waals surface area contributed by atoms with Gasteiger partial charge in [0.1, 0.15) is 0 Å². The normalized spacial score (nSPS) is 19.6. The minimum atomic E-state index is 0.328. The van der Waals surface area contributed by atoms with Gasteiger partial charge in [0.2, 0.25) is 5.91 Å². The number of aryl methyl sites for hydroxylation is 1. The van der Waals surface area contributed by atoms with Crippen LogP contribution in [0.5, 0.6) is 0 Å². The number of likely N-dealkylation sites (tertiary alicyclic amines) is 1. The van der Waals surface area contributed by atoms with Crippen LogP contribution < -0.4 is 4.90 Å². The monoisotopic (exact) mass is 335 g/mol. The van der Waals surface area contributed by atoms with Crippen molar-refractivity contribution in [1.29, 1.82) is 0 Å². The summed E-state index contributed by atoms with van der Waals surface area (Å²) < 4.78 is 0. The third kappa shape index (κ3) is 3.26. The molecule has 0 aliphatic carbocycles. The van der Waals surface area contributed by atoms with Gasteiger partial charge in [-0.25, -0.2) is 0 Å². The number of carbonyl (C=O) groups is 1. The number of nitrogens with zero attached hydrogens (tertiary/aromatic N) is 3. The Morgan fingerprint density at radius 3 is 2.84 bits per heavy atom. The van der Waals surface area contributed by atoms with Gasteiger partial charge >= 0.3 is 0 Å². The van der Waals surface area contributed by atoms with Crippen LogP contribution >= 0.6 is 0 Å². The predicted octanol–water partition coefficient (Wildman–Crippen LogP) is 3.51. The molecule has 4 heteroatoms. The average molecular weight is 335 g/mol. The SMILES string of the molecule is Cc1ncccc1CN1C[C@@H](CCN2CCCC2=O)c2ccccc21. The molecule has 0 unspecified atom stereocenters. The molecule has 1 aromatic heterocycles. The van der Waals surface area contributed by atoms with Gasteiger partial charge in [-0.15, -0.1) is 0 Å². The molecule has 2 aliphatic heterocycles. The molecule has 4 rings (SSSR count). The number of amides is 1. The van der Waals surface area contributed by atoms with E-state index in [2.05, 4.69) is 47.1 Å². The Balaban J connectivity index is 1.49. The second kappa shape index (κ2) is 6.87. The number of hydrogen-bond acceptors (Lipinski definition) is 3. The maximum atomic E-state index is 11.9. The largest absolute Gasteiger partial charge is 0.366 e. The Morgan fingerprint density at radius 2 is 2.04 bits per heavy atom. The van der Waals surface area contributed by atoms with E-state index in [1.807, 2.05) is 17.2 Å². The van der Waals surface area contributed by atoms with Crippen molar-refractivity contribution >= 4 is 11.6 Å². The van der Waals surface area contributed by atoms with E-state index >= 15 is 0 Å². The minimum Gasteiger partial charge on any atom is -0.366 e. The summed E-state index contributed by atoms with van der Waals surface area (Å²) in [5.41, 5.74) is 5.15. The zero-order chi connectivity index (χ0) is 17.2. The van der Waals surface area contributed by atoms with Crippen LogP contribution in [0.25, 0.3) is 0 Å². The van der Waals surface area contributed by atoms with Crippen molar-refractivity contribution in [3.05, 3.63) is 59.4 Å². The Morgan fingerprint density at radius 1 is 1.16 bits per heavy atom. The topological polar surface area (TPSA) is 36.4 Å². The standard InChI is InChI=1S/C21H25N3O/c1-16-17(6-4-11-22-16)14-24-15-18(19-7-2-3-8-20(19)24)10-13-23-12-5-9-21(23)25/h2-4,6-8,11,18H,5,9-10,12-15H2,1H3/t18-/m1/s1. The summed E-state index contributed by atoms with van der Waals surface area (Å²) in [5.74, 6) is 0.829. The van der Waals surface area contributed by atoms with Gasteiger partial charge in [-0.1, -0.05) is 24.3 Å². The van der Waals surface area contributed by atoms with Crippen molar-refractivity contribution in [2.75, 3.05) is 24.5 Å². The molecule has 1 saturated heterocycles. The van der Waals surface area contributed by atoms with Crippen LogP contribution in [0.3, 0.4) is 0 Å². The molecule has 1 aromatic carbocycles. The summed E-state index contributed by atoms with van der Waals surface area (Å²) >= 11 is 0. The zero-order valence-corrected chi connectivity index (χ0v) is 14.8. The molecule has 1 atom stereocenters. The number of carbonyl (C=O) groups excluding carboxylic acids is 1. The maximum absolute atomic E-state index is 11.9. The van der Waals surface area contributed by atoms with E-state index in [0.29, 0.717) is 11.8 Å². The van der Waals surface area contributed by atoms with Gasteiger partial charge in [0.15, 0.2) is 0 Å². The Hall–Kier alpha value is -2.36. The third-order valence-corrected chi connectivity index (χ3v) is 5.55. The van der Waals surface area contributed by atoms with Crippen molar-refractivity contribution in [3.8, 4) is 0 Å². The van der Waals surface area contributed by atoms with Crippen molar-refractivity contribution in [2.45, 2.75) is 38.6 Å². The second-order valence-corrected chi connectivity index (χ2v) is 7.16. The van der Waals surface area contributed by atoms with Crippen LogP contribution in [-0.2, 0) is 11.3 Å². The lowest BCUT2D eigenvalue weighted by Crippen LogP contribution is -2.28. The summed E-state index contributed by atoms with van der Waals surface area (Å²) in [6, 6.07) is 12.9. The van der Waals surface area contributed by atoms with E-state index in [0.717, 1.165) is 51.1 Å². The minimum absolute atomic E-state index is 0.328. The first-order valence-corrected chi connectivity index (χ1v) is 9.24. The maximum Gasteiger partial charge on any atom is 0.222 e. The summed E-state index contributed by atoms with van der Waals surface area (Å²) in [7, 11) is 0. The highest BCUT2D eigenvalue weighted by atomic mass is 16.2. The van der Waals surface area contributed by atoms with E-state index in [1.165, 1.54) is 16.8 Å². The molecule has 3 heterocycles.